The lowest BCUT2D eigenvalue weighted by Crippen LogP contribution is -2.35. The number of aromatic nitrogens is 1. The summed E-state index contributed by atoms with van der Waals surface area (Å²) in [4.78, 5) is 26.1. The zero-order valence-corrected chi connectivity index (χ0v) is 13.5. The minimum Gasteiger partial charge on any atom is -0.463 e. The number of anilines is 1. The molecule has 0 bridgehead atoms. The molecule has 24 heavy (non-hydrogen) atoms. The molecule has 0 saturated carbocycles. The Kier molecular flexibility index (Phi) is 4.20. The van der Waals surface area contributed by atoms with Crippen LogP contribution in [0, 0.1) is 0 Å². The third-order valence-corrected chi connectivity index (χ3v) is 3.67. The number of oxazole rings is 1. The fourth-order valence-electron chi connectivity index (χ4n) is 2.79. The van der Waals surface area contributed by atoms with E-state index in [0.717, 1.165) is 6.39 Å². The number of hydrogen-bond acceptors (Lipinski definition) is 9. The van der Waals surface area contributed by atoms with Crippen LogP contribution in [0.1, 0.15) is 31.3 Å². The normalized spacial score (nSPS) is 30.8. The Hall–Kier alpha value is -2.17. The van der Waals surface area contributed by atoms with E-state index in [1.165, 1.54) is 6.92 Å². The first kappa shape index (κ1) is 16.7. The highest BCUT2D eigenvalue weighted by Gasteiger charge is 2.56. The Morgan fingerprint density at radius 2 is 2.08 bits per heavy atom. The SMILES string of the molecule is CC(=O)OC[C@H]1O[C@@H](Nc2ocnc2C(N)=O)[C@@H]2OC(C)(C)O[C@@H]21. The van der Waals surface area contributed by atoms with Crippen LogP contribution in [0.3, 0.4) is 0 Å². The lowest BCUT2D eigenvalue weighted by Gasteiger charge is -2.24. The summed E-state index contributed by atoms with van der Waals surface area (Å²) in [6.45, 7) is 4.88. The van der Waals surface area contributed by atoms with E-state index in [2.05, 4.69) is 10.3 Å². The minimum absolute atomic E-state index is 0.0210. The van der Waals surface area contributed by atoms with Gasteiger partial charge in [-0.05, 0) is 13.8 Å². The summed E-state index contributed by atoms with van der Waals surface area (Å²) in [5.74, 6) is -1.90. The van der Waals surface area contributed by atoms with E-state index in [4.69, 9.17) is 29.1 Å². The molecule has 2 saturated heterocycles. The molecule has 0 aliphatic carbocycles. The Labute approximate surface area is 137 Å². The largest absolute Gasteiger partial charge is 0.463 e. The number of rotatable bonds is 5. The molecule has 2 aliphatic rings. The van der Waals surface area contributed by atoms with Crippen LogP contribution in [0.15, 0.2) is 10.8 Å². The van der Waals surface area contributed by atoms with Crippen LogP contribution in [0.2, 0.25) is 0 Å². The summed E-state index contributed by atoms with van der Waals surface area (Å²) in [5.41, 5.74) is 5.19. The maximum atomic E-state index is 11.3. The van der Waals surface area contributed by atoms with E-state index < -0.39 is 42.2 Å². The highest BCUT2D eigenvalue weighted by Crippen LogP contribution is 2.39. The predicted molar refractivity (Wildman–Crippen MR) is 77.8 cm³/mol. The average Bonchev–Trinajstić information content (AvgIpc) is 3.12. The number of fused-ring (bicyclic) bond motifs is 1. The van der Waals surface area contributed by atoms with Gasteiger partial charge in [0.05, 0.1) is 0 Å². The Bertz CT molecular complexity index is 644. The third kappa shape index (κ3) is 3.21. The molecule has 132 valence electrons. The van der Waals surface area contributed by atoms with Gasteiger partial charge in [0.15, 0.2) is 24.1 Å². The lowest BCUT2D eigenvalue weighted by atomic mass is 10.1. The molecule has 0 spiro atoms. The fourth-order valence-corrected chi connectivity index (χ4v) is 2.79. The Morgan fingerprint density at radius 1 is 1.38 bits per heavy atom. The summed E-state index contributed by atoms with van der Waals surface area (Å²) in [5, 5.41) is 2.90. The molecule has 4 atom stereocenters. The number of primary amides is 1. The summed E-state index contributed by atoms with van der Waals surface area (Å²) in [6.07, 6.45) is -1.06. The first-order chi connectivity index (χ1) is 11.3. The molecule has 1 aromatic heterocycles. The van der Waals surface area contributed by atoms with Gasteiger partial charge in [0.1, 0.15) is 24.9 Å². The van der Waals surface area contributed by atoms with Crippen LogP contribution in [0.25, 0.3) is 0 Å². The molecule has 3 rings (SSSR count). The molecule has 2 fully saturated rings. The molecule has 0 unspecified atom stereocenters. The first-order valence-corrected chi connectivity index (χ1v) is 7.41. The number of esters is 1. The third-order valence-electron chi connectivity index (χ3n) is 3.67. The highest BCUT2D eigenvalue weighted by molar-refractivity contribution is 5.95. The van der Waals surface area contributed by atoms with Gasteiger partial charge in [-0.3, -0.25) is 9.59 Å². The van der Waals surface area contributed by atoms with Gasteiger partial charge in [-0.1, -0.05) is 0 Å². The molecule has 2 aliphatic heterocycles. The Balaban J connectivity index is 1.76. The smallest absolute Gasteiger partial charge is 0.302 e. The molecule has 0 aromatic carbocycles. The van der Waals surface area contributed by atoms with Crippen molar-refractivity contribution >= 4 is 17.8 Å². The van der Waals surface area contributed by atoms with Gasteiger partial charge in [0, 0.05) is 6.92 Å². The number of carbonyl (C=O) groups excluding carboxylic acids is 2. The summed E-state index contributed by atoms with van der Waals surface area (Å²) >= 11 is 0. The summed E-state index contributed by atoms with van der Waals surface area (Å²) in [6, 6.07) is 0. The molecule has 3 heterocycles. The zero-order chi connectivity index (χ0) is 17.5. The average molecular weight is 341 g/mol. The molecule has 3 N–H and O–H groups in total. The number of nitrogens with two attached hydrogens (primary N) is 1. The Morgan fingerprint density at radius 3 is 2.75 bits per heavy atom. The topological polar surface area (TPSA) is 135 Å². The molecule has 10 nitrogen and oxygen atoms in total. The molecule has 1 amide bonds. The van der Waals surface area contributed by atoms with Crippen LogP contribution in [0.4, 0.5) is 5.88 Å². The van der Waals surface area contributed by atoms with Crippen LogP contribution >= 0.6 is 0 Å². The van der Waals surface area contributed by atoms with Gasteiger partial charge in [0.25, 0.3) is 5.91 Å². The van der Waals surface area contributed by atoms with Crippen molar-refractivity contribution in [3.05, 3.63) is 12.1 Å². The van der Waals surface area contributed by atoms with Gasteiger partial charge in [0.2, 0.25) is 5.88 Å². The molecular formula is C14H19N3O7. The summed E-state index contributed by atoms with van der Waals surface area (Å²) in [7, 11) is 0. The van der Waals surface area contributed by atoms with E-state index >= 15 is 0 Å². The van der Waals surface area contributed by atoms with Gasteiger partial charge in [-0.2, -0.15) is 0 Å². The van der Waals surface area contributed by atoms with Crippen molar-refractivity contribution in [2.45, 2.75) is 51.1 Å². The minimum atomic E-state index is -0.818. The number of ether oxygens (including phenoxy) is 4. The van der Waals surface area contributed by atoms with Crippen molar-refractivity contribution in [3.63, 3.8) is 0 Å². The second-order valence-corrected chi connectivity index (χ2v) is 6.00. The second-order valence-electron chi connectivity index (χ2n) is 6.00. The van der Waals surface area contributed by atoms with E-state index in [0.29, 0.717) is 0 Å². The van der Waals surface area contributed by atoms with Crippen LogP contribution in [-0.4, -0.2) is 53.8 Å². The predicted octanol–water partition coefficient (Wildman–Crippen LogP) is -0.00650. The van der Waals surface area contributed by atoms with Gasteiger partial charge >= 0.3 is 5.97 Å². The maximum absolute atomic E-state index is 11.3. The van der Waals surface area contributed by atoms with Crippen molar-refractivity contribution in [2.75, 3.05) is 11.9 Å². The van der Waals surface area contributed by atoms with Crippen molar-refractivity contribution in [1.29, 1.82) is 0 Å². The number of amides is 1. The first-order valence-electron chi connectivity index (χ1n) is 7.41. The van der Waals surface area contributed by atoms with Gasteiger partial charge in [-0.25, -0.2) is 4.98 Å². The monoisotopic (exact) mass is 341 g/mol. The van der Waals surface area contributed by atoms with E-state index in [1.54, 1.807) is 13.8 Å². The second kappa shape index (κ2) is 6.04. The van der Waals surface area contributed by atoms with Gasteiger partial charge < -0.3 is 34.4 Å². The molecule has 1 aromatic rings. The fraction of sp³-hybridized carbons (Fsp3) is 0.643. The number of nitrogens with one attached hydrogen (secondary N) is 1. The van der Waals surface area contributed by atoms with Gasteiger partial charge in [-0.15, -0.1) is 0 Å². The zero-order valence-electron chi connectivity index (χ0n) is 13.5. The summed E-state index contributed by atoms with van der Waals surface area (Å²) < 4.78 is 27.6. The van der Waals surface area contributed by atoms with Crippen molar-refractivity contribution in [2.24, 2.45) is 5.73 Å². The van der Waals surface area contributed by atoms with Crippen LogP contribution < -0.4 is 11.1 Å². The number of carbonyl (C=O) groups is 2. The quantitative estimate of drug-likeness (QED) is 0.709. The lowest BCUT2D eigenvalue weighted by molar-refractivity contribution is -0.190. The van der Waals surface area contributed by atoms with E-state index in [-0.39, 0.29) is 18.2 Å². The molecule has 10 heteroatoms. The molecular weight excluding hydrogens is 322 g/mol. The van der Waals surface area contributed by atoms with Crippen LogP contribution in [0.5, 0.6) is 0 Å². The van der Waals surface area contributed by atoms with Crippen molar-refractivity contribution < 1.29 is 33.0 Å². The number of hydrogen-bond donors (Lipinski definition) is 2. The van der Waals surface area contributed by atoms with E-state index in [1.807, 2.05) is 0 Å². The van der Waals surface area contributed by atoms with E-state index in [9.17, 15) is 9.59 Å². The maximum Gasteiger partial charge on any atom is 0.302 e. The van der Waals surface area contributed by atoms with Crippen molar-refractivity contribution in [1.82, 2.24) is 4.98 Å². The molecule has 0 radical (unpaired) electrons. The highest BCUT2D eigenvalue weighted by atomic mass is 16.8. The van der Waals surface area contributed by atoms with Crippen LogP contribution in [-0.2, 0) is 23.7 Å². The standard InChI is InChI=1S/C14H19N3O7/c1-6(18)20-4-7-9-10(24-14(2,3)23-9)13(22-7)17-12-8(11(15)19)16-5-21-12/h5,7,9-10,13,17H,4H2,1-3H3,(H2,15,19)/t7-,9-,10-,13-/m1/s1. The number of nitrogens with zero attached hydrogens (tertiary/aromatic N) is 1. The van der Waals surface area contributed by atoms with Crippen molar-refractivity contribution in [3.8, 4) is 0 Å².